The van der Waals surface area contributed by atoms with Gasteiger partial charge in [-0.3, -0.25) is 0 Å². The Kier molecular flexibility index (Phi) is 4.32. The molecule has 0 saturated carbocycles. The number of halogens is 1. The van der Waals surface area contributed by atoms with Crippen LogP contribution in [0.4, 0.5) is 0 Å². The Morgan fingerprint density at radius 2 is 2.20 bits per heavy atom. The average molecular weight is 316 g/mol. The Morgan fingerprint density at radius 1 is 1.50 bits per heavy atom. The third-order valence-electron chi connectivity index (χ3n) is 3.36. The Balaban J connectivity index is 2.35. The van der Waals surface area contributed by atoms with Crippen LogP contribution >= 0.6 is 11.6 Å². The molecule has 1 aliphatic rings. The van der Waals surface area contributed by atoms with Crippen molar-refractivity contribution in [3.05, 3.63) is 28.8 Å². The van der Waals surface area contributed by atoms with Crippen molar-refractivity contribution in [1.82, 2.24) is 9.62 Å². The second-order valence-corrected chi connectivity index (χ2v) is 6.97. The van der Waals surface area contributed by atoms with E-state index in [1.165, 1.54) is 25.2 Å². The second kappa shape index (κ2) is 5.68. The van der Waals surface area contributed by atoms with Crippen molar-refractivity contribution in [2.45, 2.75) is 17.0 Å². The summed E-state index contributed by atoms with van der Waals surface area (Å²) in [6, 6.07) is 5.31. The van der Waals surface area contributed by atoms with Gasteiger partial charge >= 0.3 is 0 Å². The normalized spacial score (nSPS) is 22.9. The predicted octanol–water partition coefficient (Wildman–Crippen LogP) is 0.165. The molecule has 0 aliphatic carbocycles. The summed E-state index contributed by atoms with van der Waals surface area (Å²) in [6.45, 7) is 0.750. The molecular weight excluding hydrogens is 302 g/mol. The Bertz CT molecular complexity index is 656. The first kappa shape index (κ1) is 15.2. The van der Waals surface area contributed by atoms with Crippen LogP contribution in [-0.4, -0.2) is 50.1 Å². The van der Waals surface area contributed by atoms with Gasteiger partial charge < -0.3 is 10.4 Å². The molecule has 2 atom stereocenters. The van der Waals surface area contributed by atoms with Crippen LogP contribution in [0.2, 0.25) is 5.02 Å². The van der Waals surface area contributed by atoms with Crippen molar-refractivity contribution in [3.63, 3.8) is 0 Å². The van der Waals surface area contributed by atoms with Crippen LogP contribution in [0.1, 0.15) is 5.56 Å². The standard InChI is InChI=1S/C12H14ClN3O3S/c1-16(11-6-15-7-12(11)17)20(18,19)9-3-2-8(5-14)10(13)4-9/h2-4,11-12,15,17H,6-7H2,1H3/t11-,12-/m0/s1. The van der Waals surface area contributed by atoms with Gasteiger partial charge in [0.1, 0.15) is 6.07 Å². The van der Waals surface area contributed by atoms with Gasteiger partial charge in [0, 0.05) is 20.1 Å². The molecule has 1 fully saturated rings. The van der Waals surface area contributed by atoms with Gasteiger partial charge in [0.2, 0.25) is 10.0 Å². The minimum atomic E-state index is -3.76. The monoisotopic (exact) mass is 315 g/mol. The summed E-state index contributed by atoms with van der Waals surface area (Å²) in [5, 5.41) is 21.6. The van der Waals surface area contributed by atoms with Gasteiger partial charge in [0.25, 0.3) is 0 Å². The third kappa shape index (κ3) is 2.66. The van der Waals surface area contributed by atoms with Crippen LogP contribution in [0.15, 0.2) is 23.1 Å². The number of nitriles is 1. The van der Waals surface area contributed by atoms with Gasteiger partial charge in [-0.15, -0.1) is 0 Å². The van der Waals surface area contributed by atoms with Gasteiger partial charge in [-0.1, -0.05) is 11.6 Å². The molecule has 2 rings (SSSR count). The molecule has 0 bridgehead atoms. The molecule has 2 N–H and O–H groups in total. The fourth-order valence-electron chi connectivity index (χ4n) is 2.11. The molecule has 8 heteroatoms. The van der Waals surface area contributed by atoms with E-state index in [0.717, 1.165) is 4.31 Å². The lowest BCUT2D eigenvalue weighted by atomic mass is 10.2. The van der Waals surface area contributed by atoms with Gasteiger partial charge in [-0.05, 0) is 18.2 Å². The number of hydrogen-bond acceptors (Lipinski definition) is 5. The SMILES string of the molecule is CN([C@H]1CNC[C@@H]1O)S(=O)(=O)c1ccc(C#N)c(Cl)c1. The summed E-state index contributed by atoms with van der Waals surface area (Å²) in [5.74, 6) is 0. The van der Waals surface area contributed by atoms with Crippen LogP contribution in [0.25, 0.3) is 0 Å². The van der Waals surface area contributed by atoms with Gasteiger partial charge in [-0.25, -0.2) is 8.42 Å². The molecule has 1 aromatic carbocycles. The van der Waals surface area contributed by atoms with E-state index >= 15 is 0 Å². The van der Waals surface area contributed by atoms with Crippen LogP contribution in [-0.2, 0) is 10.0 Å². The molecule has 0 amide bonds. The molecular formula is C12H14ClN3O3S. The number of aliphatic hydroxyl groups excluding tert-OH is 1. The Morgan fingerprint density at radius 3 is 2.70 bits per heavy atom. The highest BCUT2D eigenvalue weighted by Crippen LogP contribution is 2.24. The predicted molar refractivity (Wildman–Crippen MR) is 73.8 cm³/mol. The number of β-amino-alcohol motifs (C(OH)–C–C–N with tert-alkyl or cyclic N) is 1. The number of aliphatic hydroxyl groups is 1. The largest absolute Gasteiger partial charge is 0.390 e. The Hall–Kier alpha value is -1.17. The smallest absolute Gasteiger partial charge is 0.243 e. The van der Waals surface area contributed by atoms with Crippen molar-refractivity contribution in [2.75, 3.05) is 20.1 Å². The summed E-state index contributed by atoms with van der Waals surface area (Å²) in [5.41, 5.74) is 0.218. The zero-order valence-corrected chi connectivity index (χ0v) is 12.3. The minimum absolute atomic E-state index is 0.00287. The molecule has 1 heterocycles. The molecule has 6 nitrogen and oxygen atoms in total. The first-order valence-electron chi connectivity index (χ1n) is 5.94. The maximum Gasteiger partial charge on any atom is 0.243 e. The lowest BCUT2D eigenvalue weighted by molar-refractivity contribution is 0.136. The summed E-state index contributed by atoms with van der Waals surface area (Å²) >= 11 is 5.86. The lowest BCUT2D eigenvalue weighted by Gasteiger charge is -2.25. The van der Waals surface area contributed by atoms with E-state index in [2.05, 4.69) is 5.32 Å². The Labute approximate surface area is 122 Å². The quantitative estimate of drug-likeness (QED) is 0.829. The van der Waals surface area contributed by atoms with Crippen molar-refractivity contribution in [1.29, 1.82) is 5.26 Å². The van der Waals surface area contributed by atoms with Crippen molar-refractivity contribution in [2.24, 2.45) is 0 Å². The molecule has 1 aromatic rings. The highest BCUT2D eigenvalue weighted by Gasteiger charge is 2.35. The zero-order chi connectivity index (χ0) is 14.9. The van der Waals surface area contributed by atoms with E-state index in [0.29, 0.717) is 13.1 Å². The number of rotatable bonds is 3. The van der Waals surface area contributed by atoms with Gasteiger partial charge in [0.15, 0.2) is 0 Å². The van der Waals surface area contributed by atoms with Gasteiger partial charge in [0.05, 0.1) is 27.6 Å². The molecule has 1 saturated heterocycles. The summed E-state index contributed by atoms with van der Waals surface area (Å²) in [6.07, 6.45) is -0.747. The fourth-order valence-corrected chi connectivity index (χ4v) is 3.81. The maximum absolute atomic E-state index is 12.5. The first-order chi connectivity index (χ1) is 9.37. The van der Waals surface area contributed by atoms with E-state index in [9.17, 15) is 13.5 Å². The van der Waals surface area contributed by atoms with E-state index in [1.54, 1.807) is 0 Å². The molecule has 20 heavy (non-hydrogen) atoms. The zero-order valence-electron chi connectivity index (χ0n) is 10.7. The third-order valence-corrected chi connectivity index (χ3v) is 5.55. The van der Waals surface area contributed by atoms with Crippen LogP contribution in [0.5, 0.6) is 0 Å². The lowest BCUT2D eigenvalue weighted by Crippen LogP contribution is -2.44. The molecule has 0 aromatic heterocycles. The number of hydrogen-bond donors (Lipinski definition) is 2. The molecule has 0 unspecified atom stereocenters. The average Bonchev–Trinajstić information content (AvgIpc) is 2.83. The van der Waals surface area contributed by atoms with Crippen LogP contribution < -0.4 is 5.32 Å². The summed E-state index contributed by atoms with van der Waals surface area (Å²) in [7, 11) is -2.34. The van der Waals surface area contributed by atoms with E-state index in [1.807, 2.05) is 6.07 Å². The first-order valence-corrected chi connectivity index (χ1v) is 7.76. The number of benzene rings is 1. The van der Waals surface area contributed by atoms with E-state index in [-0.39, 0.29) is 15.5 Å². The minimum Gasteiger partial charge on any atom is -0.390 e. The van der Waals surface area contributed by atoms with E-state index < -0.39 is 22.2 Å². The van der Waals surface area contributed by atoms with E-state index in [4.69, 9.17) is 16.9 Å². The molecule has 0 radical (unpaired) electrons. The molecule has 108 valence electrons. The van der Waals surface area contributed by atoms with Crippen molar-refractivity contribution >= 4 is 21.6 Å². The van der Waals surface area contributed by atoms with Crippen molar-refractivity contribution < 1.29 is 13.5 Å². The molecule has 1 aliphatic heterocycles. The van der Waals surface area contributed by atoms with Crippen LogP contribution in [0.3, 0.4) is 0 Å². The molecule has 0 spiro atoms. The second-order valence-electron chi connectivity index (χ2n) is 4.57. The maximum atomic E-state index is 12.5. The number of nitrogens with zero attached hydrogens (tertiary/aromatic N) is 2. The summed E-state index contributed by atoms with van der Waals surface area (Å²) in [4.78, 5) is 0.00287. The number of likely N-dealkylation sites (N-methyl/N-ethyl adjacent to an activating group) is 1. The van der Waals surface area contributed by atoms with Gasteiger partial charge in [-0.2, -0.15) is 9.57 Å². The summed E-state index contributed by atoms with van der Waals surface area (Å²) < 4.78 is 26.1. The van der Waals surface area contributed by atoms with Crippen molar-refractivity contribution in [3.8, 4) is 6.07 Å². The van der Waals surface area contributed by atoms with Crippen LogP contribution in [0, 0.1) is 11.3 Å². The highest BCUT2D eigenvalue weighted by atomic mass is 35.5. The number of nitrogens with one attached hydrogen (secondary N) is 1. The fraction of sp³-hybridized carbons (Fsp3) is 0.417. The number of sulfonamides is 1. The highest BCUT2D eigenvalue weighted by molar-refractivity contribution is 7.89. The topological polar surface area (TPSA) is 93.4 Å².